The van der Waals surface area contributed by atoms with E-state index in [-0.39, 0.29) is 5.56 Å². The highest BCUT2D eigenvalue weighted by Gasteiger charge is 2.02. The molecule has 15 heavy (non-hydrogen) atoms. The second-order valence-electron chi connectivity index (χ2n) is 3.57. The molecule has 0 amide bonds. The standard InChI is InChI=1S/C12H12N2O/c1-9-3-4-11(10(2)7-9)14-6-5-13-8-12(14)15/h3-8H,1-2H3. The SMILES string of the molecule is Cc1ccc(-n2ccncc2=O)c(C)c1. The van der Waals surface area contributed by atoms with Crippen LogP contribution in [0.3, 0.4) is 0 Å². The molecule has 3 nitrogen and oxygen atoms in total. The highest BCUT2D eigenvalue weighted by atomic mass is 16.1. The Labute approximate surface area is 88.0 Å². The fourth-order valence-electron chi connectivity index (χ4n) is 1.62. The van der Waals surface area contributed by atoms with Crippen molar-refractivity contribution in [3.8, 4) is 5.69 Å². The minimum atomic E-state index is -0.107. The molecule has 0 atom stereocenters. The Hall–Kier alpha value is -1.90. The van der Waals surface area contributed by atoms with Crippen molar-refractivity contribution in [1.29, 1.82) is 0 Å². The van der Waals surface area contributed by atoms with Gasteiger partial charge in [-0.2, -0.15) is 0 Å². The van der Waals surface area contributed by atoms with Crippen LogP contribution < -0.4 is 5.56 Å². The third-order valence-electron chi connectivity index (χ3n) is 2.34. The van der Waals surface area contributed by atoms with Gasteiger partial charge in [0.2, 0.25) is 0 Å². The minimum Gasteiger partial charge on any atom is -0.281 e. The zero-order valence-corrected chi connectivity index (χ0v) is 8.77. The Bertz CT molecular complexity index is 543. The zero-order valence-electron chi connectivity index (χ0n) is 8.77. The second kappa shape index (κ2) is 3.69. The summed E-state index contributed by atoms with van der Waals surface area (Å²) in [5.74, 6) is 0. The molecule has 0 bridgehead atoms. The molecule has 0 saturated heterocycles. The van der Waals surface area contributed by atoms with Crippen LogP contribution in [-0.4, -0.2) is 9.55 Å². The monoisotopic (exact) mass is 200 g/mol. The zero-order chi connectivity index (χ0) is 10.8. The smallest absolute Gasteiger partial charge is 0.273 e. The Kier molecular flexibility index (Phi) is 2.37. The summed E-state index contributed by atoms with van der Waals surface area (Å²) < 4.78 is 1.60. The van der Waals surface area contributed by atoms with Gasteiger partial charge in [0.15, 0.2) is 0 Å². The van der Waals surface area contributed by atoms with Gasteiger partial charge in [0.1, 0.15) is 0 Å². The van der Waals surface area contributed by atoms with Crippen LogP contribution >= 0.6 is 0 Å². The van der Waals surface area contributed by atoms with Crippen molar-refractivity contribution in [3.63, 3.8) is 0 Å². The highest BCUT2D eigenvalue weighted by molar-refractivity contribution is 5.42. The van der Waals surface area contributed by atoms with Gasteiger partial charge in [-0.3, -0.25) is 14.3 Å². The summed E-state index contributed by atoms with van der Waals surface area (Å²) in [7, 11) is 0. The summed E-state index contributed by atoms with van der Waals surface area (Å²) in [6.07, 6.45) is 4.61. The quantitative estimate of drug-likeness (QED) is 0.704. The third kappa shape index (κ3) is 1.81. The predicted molar refractivity (Wildman–Crippen MR) is 59.3 cm³/mol. The molecule has 0 aliphatic heterocycles. The maximum atomic E-state index is 11.6. The summed E-state index contributed by atoms with van der Waals surface area (Å²) in [6.45, 7) is 4.03. The van der Waals surface area contributed by atoms with Gasteiger partial charge in [-0.25, -0.2) is 0 Å². The first kappa shape index (κ1) is 9.65. The van der Waals surface area contributed by atoms with Crippen LogP contribution in [0.2, 0.25) is 0 Å². The largest absolute Gasteiger partial charge is 0.281 e. The topological polar surface area (TPSA) is 34.9 Å². The number of rotatable bonds is 1. The van der Waals surface area contributed by atoms with E-state index in [4.69, 9.17) is 0 Å². The molecule has 0 radical (unpaired) electrons. The van der Waals surface area contributed by atoms with Crippen LogP contribution in [0.1, 0.15) is 11.1 Å². The Morgan fingerprint density at radius 2 is 2.07 bits per heavy atom. The summed E-state index contributed by atoms with van der Waals surface area (Å²) in [5.41, 5.74) is 3.08. The first-order chi connectivity index (χ1) is 7.18. The van der Waals surface area contributed by atoms with Crippen molar-refractivity contribution >= 4 is 0 Å². The molecule has 1 aromatic carbocycles. The molecule has 1 aromatic heterocycles. The first-order valence-electron chi connectivity index (χ1n) is 4.79. The highest BCUT2D eigenvalue weighted by Crippen LogP contribution is 2.13. The minimum absolute atomic E-state index is 0.107. The van der Waals surface area contributed by atoms with E-state index in [2.05, 4.69) is 11.1 Å². The Balaban J connectivity index is 2.65. The molecular formula is C12H12N2O. The lowest BCUT2D eigenvalue weighted by molar-refractivity contribution is 0.945. The van der Waals surface area contributed by atoms with Gasteiger partial charge < -0.3 is 0 Å². The van der Waals surface area contributed by atoms with Crippen LogP contribution in [0.15, 0.2) is 41.6 Å². The van der Waals surface area contributed by atoms with Crippen molar-refractivity contribution in [2.45, 2.75) is 13.8 Å². The van der Waals surface area contributed by atoms with Crippen LogP contribution in [0, 0.1) is 13.8 Å². The fraction of sp³-hybridized carbons (Fsp3) is 0.167. The Morgan fingerprint density at radius 1 is 1.27 bits per heavy atom. The second-order valence-corrected chi connectivity index (χ2v) is 3.57. The van der Waals surface area contributed by atoms with Crippen molar-refractivity contribution in [1.82, 2.24) is 9.55 Å². The average molecular weight is 200 g/mol. The van der Waals surface area contributed by atoms with Crippen molar-refractivity contribution < 1.29 is 0 Å². The van der Waals surface area contributed by atoms with Crippen molar-refractivity contribution in [2.75, 3.05) is 0 Å². The molecule has 76 valence electrons. The molecule has 0 saturated carbocycles. The number of hydrogen-bond acceptors (Lipinski definition) is 2. The molecule has 0 aliphatic carbocycles. The molecule has 1 heterocycles. The van der Waals surface area contributed by atoms with Gasteiger partial charge in [0.05, 0.1) is 11.9 Å². The van der Waals surface area contributed by atoms with Gasteiger partial charge in [-0.1, -0.05) is 17.7 Å². The van der Waals surface area contributed by atoms with E-state index in [9.17, 15) is 4.79 Å². The lowest BCUT2D eigenvalue weighted by atomic mass is 10.1. The number of hydrogen-bond donors (Lipinski definition) is 0. The van der Waals surface area contributed by atoms with E-state index in [1.807, 2.05) is 26.0 Å². The van der Waals surface area contributed by atoms with Crippen LogP contribution in [0.5, 0.6) is 0 Å². The normalized spacial score (nSPS) is 10.3. The molecule has 0 fully saturated rings. The van der Waals surface area contributed by atoms with Gasteiger partial charge >= 0.3 is 0 Å². The van der Waals surface area contributed by atoms with Crippen molar-refractivity contribution in [2.24, 2.45) is 0 Å². The van der Waals surface area contributed by atoms with E-state index in [0.717, 1.165) is 11.3 Å². The number of nitrogens with zero attached hydrogens (tertiary/aromatic N) is 2. The molecule has 0 spiro atoms. The maximum absolute atomic E-state index is 11.6. The lowest BCUT2D eigenvalue weighted by Crippen LogP contribution is -2.17. The van der Waals surface area contributed by atoms with E-state index >= 15 is 0 Å². The van der Waals surface area contributed by atoms with Gasteiger partial charge in [-0.05, 0) is 25.5 Å². The molecule has 0 N–H and O–H groups in total. The number of benzene rings is 1. The summed E-state index contributed by atoms with van der Waals surface area (Å²) in [5, 5.41) is 0. The maximum Gasteiger partial charge on any atom is 0.273 e. The Morgan fingerprint density at radius 3 is 2.73 bits per heavy atom. The fourth-order valence-corrected chi connectivity index (χ4v) is 1.62. The number of aromatic nitrogens is 2. The molecular weight excluding hydrogens is 188 g/mol. The van der Waals surface area contributed by atoms with Crippen LogP contribution in [0.25, 0.3) is 5.69 Å². The molecule has 2 rings (SSSR count). The van der Waals surface area contributed by atoms with Gasteiger partial charge in [0, 0.05) is 12.4 Å². The van der Waals surface area contributed by atoms with Gasteiger partial charge in [-0.15, -0.1) is 0 Å². The third-order valence-corrected chi connectivity index (χ3v) is 2.34. The van der Waals surface area contributed by atoms with Crippen molar-refractivity contribution in [3.05, 3.63) is 58.3 Å². The molecule has 0 unspecified atom stereocenters. The molecule has 2 aromatic rings. The summed E-state index contributed by atoms with van der Waals surface area (Å²) in [6, 6.07) is 6.00. The van der Waals surface area contributed by atoms with E-state index in [0.29, 0.717) is 0 Å². The first-order valence-corrected chi connectivity index (χ1v) is 4.79. The summed E-state index contributed by atoms with van der Waals surface area (Å²) >= 11 is 0. The average Bonchev–Trinajstić information content (AvgIpc) is 2.20. The van der Waals surface area contributed by atoms with Crippen LogP contribution in [0.4, 0.5) is 0 Å². The predicted octanol–water partition coefficient (Wildman–Crippen LogP) is 1.85. The van der Waals surface area contributed by atoms with Gasteiger partial charge in [0.25, 0.3) is 5.56 Å². The van der Waals surface area contributed by atoms with E-state index < -0.39 is 0 Å². The summed E-state index contributed by atoms with van der Waals surface area (Å²) in [4.78, 5) is 15.3. The molecule has 0 aliphatic rings. The number of aryl methyl sites for hydroxylation is 2. The van der Waals surface area contributed by atoms with E-state index in [1.54, 1.807) is 17.0 Å². The molecule has 3 heteroatoms. The van der Waals surface area contributed by atoms with Crippen LogP contribution in [-0.2, 0) is 0 Å². The van der Waals surface area contributed by atoms with E-state index in [1.165, 1.54) is 11.8 Å². The lowest BCUT2D eigenvalue weighted by Gasteiger charge is -2.08.